The predicted octanol–water partition coefficient (Wildman–Crippen LogP) is 4.40. The Kier molecular flexibility index (Phi) is 4.88. The van der Waals surface area contributed by atoms with E-state index >= 15 is 0 Å². The third kappa shape index (κ3) is 3.60. The second kappa shape index (κ2) is 6.91. The number of ether oxygens (including phenoxy) is 1. The topological polar surface area (TPSA) is 29.5 Å². The standard InChI is InChI=1S/C19H19ClFNO2/c1-12-10-22(11-13(2)24-12)19(23)15-5-3-14(4-6-15)16-7-8-18(21)17(20)9-16/h3-9,12-13H,10-11H2,1-2H3. The summed E-state index contributed by atoms with van der Waals surface area (Å²) < 4.78 is 18.9. The summed E-state index contributed by atoms with van der Waals surface area (Å²) in [5, 5.41) is 0.0870. The van der Waals surface area contributed by atoms with Gasteiger partial charge in [0.15, 0.2) is 0 Å². The fraction of sp³-hybridized carbons (Fsp3) is 0.316. The molecule has 1 aliphatic rings. The summed E-state index contributed by atoms with van der Waals surface area (Å²) in [7, 11) is 0. The summed E-state index contributed by atoms with van der Waals surface area (Å²) in [5.74, 6) is -0.441. The molecule has 0 aliphatic carbocycles. The Bertz CT molecular complexity index is 738. The van der Waals surface area contributed by atoms with Crippen molar-refractivity contribution < 1.29 is 13.9 Å². The highest BCUT2D eigenvalue weighted by Crippen LogP contribution is 2.25. The van der Waals surface area contributed by atoms with Gasteiger partial charge in [-0.15, -0.1) is 0 Å². The van der Waals surface area contributed by atoms with E-state index in [2.05, 4.69) is 0 Å². The van der Waals surface area contributed by atoms with Gasteiger partial charge in [-0.1, -0.05) is 29.8 Å². The van der Waals surface area contributed by atoms with Crippen LogP contribution in [0.15, 0.2) is 42.5 Å². The minimum Gasteiger partial charge on any atom is -0.372 e. The van der Waals surface area contributed by atoms with Crippen molar-refractivity contribution in [2.45, 2.75) is 26.1 Å². The van der Waals surface area contributed by atoms with E-state index in [1.165, 1.54) is 6.07 Å². The van der Waals surface area contributed by atoms with Crippen LogP contribution in [0.2, 0.25) is 5.02 Å². The van der Waals surface area contributed by atoms with Crippen LogP contribution in [0.25, 0.3) is 11.1 Å². The third-order valence-corrected chi connectivity index (χ3v) is 4.38. The number of benzene rings is 2. The maximum absolute atomic E-state index is 13.3. The monoisotopic (exact) mass is 347 g/mol. The quantitative estimate of drug-likeness (QED) is 0.806. The molecule has 3 nitrogen and oxygen atoms in total. The molecule has 2 unspecified atom stereocenters. The lowest BCUT2D eigenvalue weighted by atomic mass is 10.0. The maximum Gasteiger partial charge on any atom is 0.254 e. The maximum atomic E-state index is 13.3. The van der Waals surface area contributed by atoms with Gasteiger partial charge >= 0.3 is 0 Å². The van der Waals surface area contributed by atoms with Crippen molar-refractivity contribution in [1.29, 1.82) is 0 Å². The highest BCUT2D eigenvalue weighted by Gasteiger charge is 2.26. The molecule has 2 atom stereocenters. The average Bonchev–Trinajstić information content (AvgIpc) is 2.56. The zero-order chi connectivity index (χ0) is 17.3. The molecule has 0 spiro atoms. The van der Waals surface area contributed by atoms with Crippen molar-refractivity contribution >= 4 is 17.5 Å². The first kappa shape index (κ1) is 16.9. The lowest BCUT2D eigenvalue weighted by Gasteiger charge is -2.35. The van der Waals surface area contributed by atoms with E-state index in [0.717, 1.165) is 11.1 Å². The average molecular weight is 348 g/mol. The van der Waals surface area contributed by atoms with E-state index in [4.69, 9.17) is 16.3 Å². The summed E-state index contributed by atoms with van der Waals surface area (Å²) in [4.78, 5) is 14.5. The fourth-order valence-electron chi connectivity index (χ4n) is 3.01. The molecule has 0 aromatic heterocycles. The normalized spacial score (nSPS) is 20.9. The van der Waals surface area contributed by atoms with Gasteiger partial charge in [-0.2, -0.15) is 0 Å². The van der Waals surface area contributed by atoms with Crippen molar-refractivity contribution in [1.82, 2.24) is 4.90 Å². The Hall–Kier alpha value is -1.91. The molecule has 5 heteroatoms. The molecule has 3 rings (SSSR count). The highest BCUT2D eigenvalue weighted by molar-refractivity contribution is 6.31. The van der Waals surface area contributed by atoms with Gasteiger partial charge in [0.25, 0.3) is 5.91 Å². The summed E-state index contributed by atoms with van der Waals surface area (Å²) in [6.45, 7) is 5.13. The number of morpholine rings is 1. The molecule has 1 saturated heterocycles. The number of carbonyl (C=O) groups excluding carboxylic acids is 1. The van der Waals surface area contributed by atoms with Crippen LogP contribution in [0.4, 0.5) is 4.39 Å². The highest BCUT2D eigenvalue weighted by atomic mass is 35.5. The second-order valence-electron chi connectivity index (χ2n) is 6.17. The molecule has 0 radical (unpaired) electrons. The van der Waals surface area contributed by atoms with Gasteiger partial charge in [0.1, 0.15) is 5.82 Å². The number of halogens is 2. The van der Waals surface area contributed by atoms with Crippen LogP contribution in [0, 0.1) is 5.82 Å². The fourth-order valence-corrected chi connectivity index (χ4v) is 3.19. The molecule has 1 amide bonds. The summed E-state index contributed by atoms with van der Waals surface area (Å²) in [6, 6.07) is 11.9. The van der Waals surface area contributed by atoms with Crippen molar-refractivity contribution in [2.24, 2.45) is 0 Å². The van der Waals surface area contributed by atoms with E-state index in [1.807, 2.05) is 30.9 Å². The zero-order valence-corrected chi connectivity index (χ0v) is 14.4. The van der Waals surface area contributed by atoms with Crippen LogP contribution in [0.1, 0.15) is 24.2 Å². The first-order chi connectivity index (χ1) is 11.4. The predicted molar refractivity (Wildman–Crippen MR) is 92.8 cm³/mol. The van der Waals surface area contributed by atoms with Gasteiger partial charge in [-0.3, -0.25) is 4.79 Å². The van der Waals surface area contributed by atoms with E-state index in [0.29, 0.717) is 18.7 Å². The Morgan fingerprint density at radius 3 is 2.25 bits per heavy atom. The summed E-state index contributed by atoms with van der Waals surface area (Å²) in [6.07, 6.45) is 0.0802. The minimum atomic E-state index is -0.442. The zero-order valence-electron chi connectivity index (χ0n) is 13.6. The molecule has 0 saturated carbocycles. The summed E-state index contributed by atoms with van der Waals surface area (Å²) in [5.41, 5.74) is 2.33. The summed E-state index contributed by atoms with van der Waals surface area (Å²) >= 11 is 5.83. The van der Waals surface area contributed by atoms with Gasteiger partial charge in [0.2, 0.25) is 0 Å². The molecule has 126 valence electrons. The Balaban J connectivity index is 1.78. The van der Waals surface area contributed by atoms with Crippen LogP contribution in [-0.4, -0.2) is 36.1 Å². The van der Waals surface area contributed by atoms with Gasteiger partial charge in [-0.25, -0.2) is 4.39 Å². The van der Waals surface area contributed by atoms with Crippen molar-refractivity contribution in [2.75, 3.05) is 13.1 Å². The SMILES string of the molecule is CC1CN(C(=O)c2ccc(-c3ccc(F)c(Cl)c3)cc2)CC(C)O1. The van der Waals surface area contributed by atoms with Gasteiger partial charge < -0.3 is 9.64 Å². The van der Waals surface area contributed by atoms with Crippen LogP contribution >= 0.6 is 11.6 Å². The molecule has 1 heterocycles. The van der Waals surface area contributed by atoms with Crippen LogP contribution < -0.4 is 0 Å². The first-order valence-electron chi connectivity index (χ1n) is 7.94. The molecular weight excluding hydrogens is 329 g/mol. The number of amides is 1. The van der Waals surface area contributed by atoms with Gasteiger partial charge in [0, 0.05) is 18.7 Å². The molecule has 24 heavy (non-hydrogen) atoms. The van der Waals surface area contributed by atoms with Crippen LogP contribution in [0.3, 0.4) is 0 Å². The minimum absolute atomic E-state index is 0.000638. The molecule has 1 aliphatic heterocycles. The number of nitrogens with zero attached hydrogens (tertiary/aromatic N) is 1. The Morgan fingerprint density at radius 2 is 1.67 bits per heavy atom. The van der Waals surface area contributed by atoms with E-state index < -0.39 is 5.82 Å². The number of hydrogen-bond donors (Lipinski definition) is 0. The number of carbonyl (C=O) groups is 1. The smallest absolute Gasteiger partial charge is 0.254 e. The van der Waals surface area contributed by atoms with Crippen LogP contribution in [0.5, 0.6) is 0 Å². The van der Waals surface area contributed by atoms with E-state index in [9.17, 15) is 9.18 Å². The van der Waals surface area contributed by atoms with Crippen molar-refractivity contribution in [3.63, 3.8) is 0 Å². The van der Waals surface area contributed by atoms with Gasteiger partial charge in [0.05, 0.1) is 17.2 Å². The third-order valence-electron chi connectivity index (χ3n) is 4.09. The Morgan fingerprint density at radius 1 is 1.08 bits per heavy atom. The van der Waals surface area contributed by atoms with E-state index in [1.54, 1.807) is 24.3 Å². The molecule has 1 fully saturated rings. The lowest BCUT2D eigenvalue weighted by Crippen LogP contribution is -2.48. The van der Waals surface area contributed by atoms with Crippen molar-refractivity contribution in [3.8, 4) is 11.1 Å². The van der Waals surface area contributed by atoms with Crippen molar-refractivity contribution in [3.05, 3.63) is 58.9 Å². The largest absolute Gasteiger partial charge is 0.372 e. The van der Waals surface area contributed by atoms with E-state index in [-0.39, 0.29) is 23.1 Å². The first-order valence-corrected chi connectivity index (χ1v) is 8.32. The number of hydrogen-bond acceptors (Lipinski definition) is 2. The second-order valence-corrected chi connectivity index (χ2v) is 6.58. The van der Waals surface area contributed by atoms with Gasteiger partial charge in [-0.05, 0) is 49.2 Å². The molecule has 0 N–H and O–H groups in total. The molecule has 2 aromatic rings. The number of rotatable bonds is 2. The molecule has 0 bridgehead atoms. The molecule has 2 aromatic carbocycles. The Labute approximate surface area is 146 Å². The lowest BCUT2D eigenvalue weighted by molar-refractivity contribution is -0.0586. The molecular formula is C19H19ClFNO2. The van der Waals surface area contributed by atoms with Crippen LogP contribution in [-0.2, 0) is 4.74 Å².